The molecule has 43 heavy (non-hydrogen) atoms. The third kappa shape index (κ3) is 6.63. The number of nitriles is 2. The number of aromatic nitrogens is 2. The molecule has 0 atom stereocenters. The molecule has 0 unspecified atom stereocenters. The van der Waals surface area contributed by atoms with E-state index in [0.717, 1.165) is 43.5 Å². The lowest BCUT2D eigenvalue weighted by atomic mass is 10.1. The zero-order valence-corrected chi connectivity index (χ0v) is 25.3. The van der Waals surface area contributed by atoms with Gasteiger partial charge in [0, 0.05) is 37.1 Å². The maximum Gasteiger partial charge on any atom is 0.262 e. The van der Waals surface area contributed by atoms with Crippen LogP contribution in [0.2, 0.25) is 0 Å². The smallest absolute Gasteiger partial charge is 0.192 e. The average molecular weight is 595 g/mol. The number of aryl methyl sites for hydroxylation is 2. The van der Waals surface area contributed by atoms with Crippen molar-refractivity contribution < 1.29 is 9.13 Å². The van der Waals surface area contributed by atoms with Gasteiger partial charge in [0.1, 0.15) is 9.40 Å². The highest BCUT2D eigenvalue weighted by atomic mass is 32.1. The van der Waals surface area contributed by atoms with E-state index < -0.39 is 0 Å². The lowest BCUT2D eigenvalue weighted by Crippen LogP contribution is -2.36. The first-order valence-electron chi connectivity index (χ1n) is 14.4. The average Bonchev–Trinajstić information content (AvgIpc) is 3.60. The lowest BCUT2D eigenvalue weighted by molar-refractivity contribution is -0.673. The molecule has 0 spiro atoms. The van der Waals surface area contributed by atoms with Crippen LogP contribution in [0.25, 0.3) is 44.7 Å². The SMILES string of the molecule is N#Cc1ccc(/C=C/c2sc3ccccc3[n+]2CCCCC[n+]2c(/C=C/c3ccc(C#N)cc3)sc3ccccc32)cc1. The topological polar surface area (TPSA) is 55.3 Å². The Bertz CT molecular complexity index is 1870. The molecular weight excluding hydrogens is 565 g/mol. The number of para-hydroxylation sites is 2. The van der Waals surface area contributed by atoms with Crippen LogP contribution in [0.15, 0.2) is 97.1 Å². The summed E-state index contributed by atoms with van der Waals surface area (Å²) in [6, 6.07) is 37.0. The summed E-state index contributed by atoms with van der Waals surface area (Å²) in [7, 11) is 0. The van der Waals surface area contributed by atoms with E-state index in [9.17, 15) is 0 Å². The predicted molar refractivity (Wildman–Crippen MR) is 178 cm³/mol. The molecule has 0 aliphatic rings. The van der Waals surface area contributed by atoms with Crippen LogP contribution in [-0.4, -0.2) is 0 Å². The standard InChI is InChI=1S/C37H30N4S2/c38-26-30-16-12-28(13-17-30)20-22-36-40(32-8-2-4-10-34(32)42-36)24-6-1-7-25-41-33-9-3-5-11-35(33)43-37(41)23-21-29-14-18-31(27-39)19-15-29/h2-5,8-23H,1,6-7,24-25H2/q+2/b22-20+,23-21+. The number of thiazole rings is 2. The third-order valence-electron chi connectivity index (χ3n) is 7.45. The minimum atomic E-state index is 0.678. The van der Waals surface area contributed by atoms with Gasteiger partial charge in [-0.2, -0.15) is 19.7 Å². The zero-order valence-electron chi connectivity index (χ0n) is 23.7. The Hall–Kier alpha value is -4.88. The zero-order chi connectivity index (χ0) is 29.4. The highest BCUT2D eigenvalue weighted by Gasteiger charge is 2.20. The molecule has 6 aromatic rings. The van der Waals surface area contributed by atoms with Gasteiger partial charge in [0.05, 0.1) is 23.3 Å². The largest absolute Gasteiger partial charge is 0.262 e. The van der Waals surface area contributed by atoms with Gasteiger partial charge in [-0.1, -0.05) is 71.2 Å². The van der Waals surface area contributed by atoms with E-state index in [2.05, 4.69) is 94.1 Å². The molecule has 0 saturated heterocycles. The van der Waals surface area contributed by atoms with Crippen molar-refractivity contribution in [3.05, 3.63) is 129 Å². The van der Waals surface area contributed by atoms with Crippen molar-refractivity contribution in [3.8, 4) is 12.1 Å². The number of unbranched alkanes of at least 4 members (excludes halogenated alkanes) is 2. The van der Waals surface area contributed by atoms with Gasteiger partial charge in [0.2, 0.25) is 11.0 Å². The highest BCUT2D eigenvalue weighted by molar-refractivity contribution is 7.19. The second-order valence-corrected chi connectivity index (χ2v) is 12.4. The van der Waals surface area contributed by atoms with E-state index in [1.54, 1.807) is 0 Å². The Morgan fingerprint density at radius 3 is 1.35 bits per heavy atom. The van der Waals surface area contributed by atoms with Crippen LogP contribution >= 0.6 is 22.7 Å². The van der Waals surface area contributed by atoms with Crippen molar-refractivity contribution in [2.24, 2.45) is 0 Å². The van der Waals surface area contributed by atoms with Crippen molar-refractivity contribution in [2.75, 3.05) is 0 Å². The molecule has 0 radical (unpaired) electrons. The van der Waals surface area contributed by atoms with Crippen LogP contribution in [-0.2, 0) is 13.1 Å². The number of hydrogen-bond donors (Lipinski definition) is 0. The molecule has 0 amide bonds. The van der Waals surface area contributed by atoms with Crippen molar-refractivity contribution in [1.82, 2.24) is 0 Å². The molecule has 0 fully saturated rings. The summed E-state index contributed by atoms with van der Waals surface area (Å²) in [6.45, 7) is 1.94. The van der Waals surface area contributed by atoms with Gasteiger partial charge in [0.15, 0.2) is 13.1 Å². The molecule has 0 saturated carbocycles. The first-order valence-corrected chi connectivity index (χ1v) is 16.0. The summed E-state index contributed by atoms with van der Waals surface area (Å²) in [5.74, 6) is 0. The predicted octanol–water partition coefficient (Wildman–Crippen LogP) is 8.65. The van der Waals surface area contributed by atoms with E-state index in [1.165, 1.54) is 30.4 Å². The normalized spacial score (nSPS) is 11.5. The minimum absolute atomic E-state index is 0.678. The molecule has 4 aromatic carbocycles. The van der Waals surface area contributed by atoms with E-state index >= 15 is 0 Å². The first kappa shape index (κ1) is 28.2. The Kier molecular flexibility index (Phi) is 8.80. The molecule has 2 aromatic heterocycles. The summed E-state index contributed by atoms with van der Waals surface area (Å²) >= 11 is 3.64. The Morgan fingerprint density at radius 2 is 0.930 bits per heavy atom. The Morgan fingerprint density at radius 1 is 0.512 bits per heavy atom. The van der Waals surface area contributed by atoms with Gasteiger partial charge in [-0.05, 0) is 66.1 Å². The summed E-state index contributed by atoms with van der Waals surface area (Å²) in [6.07, 6.45) is 12.0. The molecule has 208 valence electrons. The number of nitrogens with zero attached hydrogens (tertiary/aromatic N) is 4. The number of fused-ring (bicyclic) bond motifs is 2. The second kappa shape index (κ2) is 13.4. The highest BCUT2D eigenvalue weighted by Crippen LogP contribution is 2.24. The molecule has 6 heteroatoms. The maximum absolute atomic E-state index is 9.09. The van der Waals surface area contributed by atoms with E-state index in [-0.39, 0.29) is 0 Å². The number of rotatable bonds is 10. The molecule has 2 heterocycles. The number of hydrogen-bond acceptors (Lipinski definition) is 4. The fourth-order valence-corrected chi connectivity index (χ4v) is 7.39. The van der Waals surface area contributed by atoms with Gasteiger partial charge in [0.25, 0.3) is 10.0 Å². The van der Waals surface area contributed by atoms with Crippen LogP contribution in [0.5, 0.6) is 0 Å². The van der Waals surface area contributed by atoms with Crippen molar-refractivity contribution in [2.45, 2.75) is 32.4 Å². The molecule has 0 aliphatic heterocycles. The van der Waals surface area contributed by atoms with Gasteiger partial charge < -0.3 is 0 Å². The summed E-state index contributed by atoms with van der Waals surface area (Å²) in [5.41, 5.74) is 6.09. The summed E-state index contributed by atoms with van der Waals surface area (Å²) < 4.78 is 7.47. The molecule has 0 aliphatic carbocycles. The fourth-order valence-electron chi connectivity index (χ4n) is 5.20. The van der Waals surface area contributed by atoms with Gasteiger partial charge in [-0.3, -0.25) is 0 Å². The Balaban J connectivity index is 1.14. The van der Waals surface area contributed by atoms with Gasteiger partial charge in [-0.15, -0.1) is 0 Å². The van der Waals surface area contributed by atoms with Crippen molar-refractivity contribution in [3.63, 3.8) is 0 Å². The molecule has 0 bridgehead atoms. The van der Waals surface area contributed by atoms with E-state index in [0.29, 0.717) is 11.1 Å². The minimum Gasteiger partial charge on any atom is -0.192 e. The van der Waals surface area contributed by atoms with Gasteiger partial charge in [-0.25, -0.2) is 0 Å². The van der Waals surface area contributed by atoms with Crippen LogP contribution in [0.4, 0.5) is 0 Å². The van der Waals surface area contributed by atoms with Crippen LogP contribution in [0.1, 0.15) is 51.5 Å². The van der Waals surface area contributed by atoms with Crippen LogP contribution in [0.3, 0.4) is 0 Å². The fraction of sp³-hybridized carbons (Fsp3) is 0.135. The molecule has 6 rings (SSSR count). The van der Waals surface area contributed by atoms with E-state index in [4.69, 9.17) is 10.5 Å². The van der Waals surface area contributed by atoms with Gasteiger partial charge >= 0.3 is 0 Å². The Labute approximate surface area is 260 Å². The molecular formula is C37H30N4S2+2. The van der Waals surface area contributed by atoms with E-state index in [1.807, 2.05) is 71.2 Å². The monoisotopic (exact) mass is 594 g/mol. The third-order valence-corrected chi connectivity index (χ3v) is 9.71. The van der Waals surface area contributed by atoms with Crippen LogP contribution < -0.4 is 9.13 Å². The summed E-state index contributed by atoms with van der Waals surface area (Å²) in [4.78, 5) is 0. The molecule has 0 N–H and O–H groups in total. The van der Waals surface area contributed by atoms with Crippen LogP contribution in [0, 0.1) is 22.7 Å². The summed E-state index contributed by atoms with van der Waals surface area (Å²) in [5, 5.41) is 20.6. The quantitative estimate of drug-likeness (QED) is 0.118. The molecule has 4 nitrogen and oxygen atoms in total. The van der Waals surface area contributed by atoms with Crippen molar-refractivity contribution >= 4 is 67.4 Å². The second-order valence-electron chi connectivity index (χ2n) is 10.3. The lowest BCUT2D eigenvalue weighted by Gasteiger charge is -2.00. The maximum atomic E-state index is 9.09. The van der Waals surface area contributed by atoms with Crippen molar-refractivity contribution in [1.29, 1.82) is 10.5 Å². The number of benzene rings is 4. The first-order chi connectivity index (χ1) is 21.2.